The second-order valence-electron chi connectivity index (χ2n) is 6.95. The molecule has 0 aliphatic carbocycles. The van der Waals surface area contributed by atoms with Crippen LogP contribution in [0.4, 0.5) is 0 Å². The van der Waals surface area contributed by atoms with Crippen LogP contribution in [0.2, 0.25) is 0 Å². The molecule has 1 saturated heterocycles. The molecule has 0 bridgehead atoms. The van der Waals surface area contributed by atoms with Crippen molar-refractivity contribution in [3.05, 3.63) is 30.2 Å². The summed E-state index contributed by atoms with van der Waals surface area (Å²) in [4.78, 5) is 32.4. The number of hydrogen-bond acceptors (Lipinski definition) is 6. The standard InChI is InChI=1S/C20H26N4O4/c1-4-27-15-9-7-14(8-10-15)19-21-17(28-22-19)11-12-18(25)24-13-5-6-16(24)20(26)23(2)3/h7-10,16H,4-6,11-13H2,1-3H3. The molecule has 28 heavy (non-hydrogen) atoms. The monoisotopic (exact) mass is 386 g/mol. The lowest BCUT2D eigenvalue weighted by atomic mass is 10.2. The third kappa shape index (κ3) is 4.49. The first-order valence-corrected chi connectivity index (χ1v) is 9.56. The highest BCUT2D eigenvalue weighted by atomic mass is 16.5. The van der Waals surface area contributed by atoms with Crippen LogP contribution in [0.15, 0.2) is 28.8 Å². The lowest BCUT2D eigenvalue weighted by molar-refractivity contribution is -0.142. The van der Waals surface area contributed by atoms with E-state index in [1.807, 2.05) is 31.2 Å². The first-order valence-electron chi connectivity index (χ1n) is 9.56. The number of aryl methyl sites for hydroxylation is 1. The van der Waals surface area contributed by atoms with Gasteiger partial charge in [0.15, 0.2) is 0 Å². The van der Waals surface area contributed by atoms with E-state index in [9.17, 15) is 9.59 Å². The second-order valence-corrected chi connectivity index (χ2v) is 6.95. The number of carbonyl (C=O) groups is 2. The maximum atomic E-state index is 12.6. The van der Waals surface area contributed by atoms with Gasteiger partial charge in [0.05, 0.1) is 6.61 Å². The zero-order chi connectivity index (χ0) is 20.1. The molecule has 1 unspecified atom stereocenters. The molecule has 1 aliphatic rings. The fourth-order valence-corrected chi connectivity index (χ4v) is 3.32. The maximum absolute atomic E-state index is 12.6. The Morgan fingerprint density at radius 1 is 1.29 bits per heavy atom. The average molecular weight is 386 g/mol. The van der Waals surface area contributed by atoms with Gasteiger partial charge in [-0.15, -0.1) is 0 Å². The molecule has 1 aliphatic heterocycles. The molecule has 0 saturated carbocycles. The lowest BCUT2D eigenvalue weighted by Crippen LogP contribution is -2.45. The van der Waals surface area contributed by atoms with Gasteiger partial charge in [-0.25, -0.2) is 0 Å². The minimum Gasteiger partial charge on any atom is -0.494 e. The van der Waals surface area contributed by atoms with E-state index in [2.05, 4.69) is 10.1 Å². The van der Waals surface area contributed by atoms with E-state index in [0.29, 0.717) is 37.7 Å². The normalized spacial score (nSPS) is 16.2. The molecule has 8 heteroatoms. The molecule has 1 aromatic carbocycles. The van der Waals surface area contributed by atoms with Gasteiger partial charge in [0.2, 0.25) is 23.5 Å². The van der Waals surface area contributed by atoms with E-state index < -0.39 is 0 Å². The summed E-state index contributed by atoms with van der Waals surface area (Å²) in [6.45, 7) is 3.16. The fraction of sp³-hybridized carbons (Fsp3) is 0.500. The van der Waals surface area contributed by atoms with Crippen LogP contribution < -0.4 is 4.74 Å². The van der Waals surface area contributed by atoms with E-state index in [4.69, 9.17) is 9.26 Å². The van der Waals surface area contributed by atoms with Gasteiger partial charge in [0, 0.05) is 39.0 Å². The van der Waals surface area contributed by atoms with Crippen LogP contribution in [-0.2, 0) is 16.0 Å². The molecule has 2 amide bonds. The van der Waals surface area contributed by atoms with Crippen LogP contribution in [0.5, 0.6) is 5.75 Å². The van der Waals surface area contributed by atoms with Crippen molar-refractivity contribution in [3.63, 3.8) is 0 Å². The van der Waals surface area contributed by atoms with Crippen LogP contribution in [-0.4, -0.2) is 65.0 Å². The molecular weight excluding hydrogens is 360 g/mol. The molecule has 0 N–H and O–H groups in total. The highest BCUT2D eigenvalue weighted by Crippen LogP contribution is 2.22. The number of hydrogen-bond donors (Lipinski definition) is 0. The molecule has 0 spiro atoms. The number of nitrogens with zero attached hydrogens (tertiary/aromatic N) is 4. The van der Waals surface area contributed by atoms with Crippen molar-refractivity contribution in [2.24, 2.45) is 0 Å². The van der Waals surface area contributed by atoms with E-state index in [0.717, 1.165) is 17.7 Å². The number of likely N-dealkylation sites (N-methyl/N-ethyl adjacent to an activating group) is 1. The maximum Gasteiger partial charge on any atom is 0.244 e. The number of carbonyl (C=O) groups excluding carboxylic acids is 2. The minimum absolute atomic E-state index is 0.0265. The van der Waals surface area contributed by atoms with Crippen LogP contribution in [0.3, 0.4) is 0 Å². The van der Waals surface area contributed by atoms with Crippen molar-refractivity contribution in [3.8, 4) is 17.1 Å². The quantitative estimate of drug-likeness (QED) is 0.724. The third-order valence-corrected chi connectivity index (χ3v) is 4.74. The predicted octanol–water partition coefficient (Wildman–Crippen LogP) is 2.15. The smallest absolute Gasteiger partial charge is 0.244 e. The molecule has 8 nitrogen and oxygen atoms in total. The summed E-state index contributed by atoms with van der Waals surface area (Å²) in [6, 6.07) is 7.09. The Morgan fingerprint density at radius 3 is 2.71 bits per heavy atom. The Kier molecular flexibility index (Phi) is 6.28. The second kappa shape index (κ2) is 8.86. The van der Waals surface area contributed by atoms with Crippen LogP contribution in [0.1, 0.15) is 32.1 Å². The van der Waals surface area contributed by atoms with Crippen molar-refractivity contribution in [2.45, 2.75) is 38.6 Å². The Bertz CT molecular complexity index is 816. The van der Waals surface area contributed by atoms with Crippen molar-refractivity contribution in [2.75, 3.05) is 27.2 Å². The number of benzene rings is 1. The van der Waals surface area contributed by atoms with Crippen molar-refractivity contribution in [1.29, 1.82) is 0 Å². The van der Waals surface area contributed by atoms with E-state index >= 15 is 0 Å². The number of amides is 2. The van der Waals surface area contributed by atoms with Crippen LogP contribution in [0, 0.1) is 0 Å². The van der Waals surface area contributed by atoms with Gasteiger partial charge in [-0.05, 0) is 44.0 Å². The molecule has 1 atom stereocenters. The molecule has 2 aromatic rings. The predicted molar refractivity (Wildman–Crippen MR) is 103 cm³/mol. The molecule has 150 valence electrons. The highest BCUT2D eigenvalue weighted by Gasteiger charge is 2.34. The molecule has 2 heterocycles. The number of aromatic nitrogens is 2. The first kappa shape index (κ1) is 19.9. The van der Waals surface area contributed by atoms with E-state index in [1.165, 1.54) is 4.90 Å². The van der Waals surface area contributed by atoms with Gasteiger partial charge in [-0.1, -0.05) is 5.16 Å². The summed E-state index contributed by atoms with van der Waals surface area (Å²) >= 11 is 0. The Hall–Kier alpha value is -2.90. The minimum atomic E-state index is -0.357. The number of likely N-dealkylation sites (tertiary alicyclic amines) is 1. The van der Waals surface area contributed by atoms with Gasteiger partial charge in [-0.3, -0.25) is 9.59 Å². The Labute approximate surface area is 164 Å². The van der Waals surface area contributed by atoms with Gasteiger partial charge in [0.1, 0.15) is 11.8 Å². The fourth-order valence-electron chi connectivity index (χ4n) is 3.32. The summed E-state index contributed by atoms with van der Waals surface area (Å²) in [5.41, 5.74) is 0.820. The topological polar surface area (TPSA) is 88.8 Å². The molecule has 0 radical (unpaired) electrons. The Morgan fingerprint density at radius 2 is 2.04 bits per heavy atom. The number of rotatable bonds is 7. The van der Waals surface area contributed by atoms with Crippen molar-refractivity contribution >= 4 is 11.8 Å². The summed E-state index contributed by atoms with van der Waals surface area (Å²) in [7, 11) is 3.42. The van der Waals surface area contributed by atoms with Crippen LogP contribution in [0.25, 0.3) is 11.4 Å². The van der Waals surface area contributed by atoms with Gasteiger partial charge in [-0.2, -0.15) is 4.98 Å². The van der Waals surface area contributed by atoms with E-state index in [1.54, 1.807) is 19.0 Å². The summed E-state index contributed by atoms with van der Waals surface area (Å²) in [5, 5.41) is 3.99. The summed E-state index contributed by atoms with van der Waals surface area (Å²) < 4.78 is 10.7. The molecular formula is C20H26N4O4. The molecule has 3 rings (SSSR count). The Balaban J connectivity index is 1.58. The largest absolute Gasteiger partial charge is 0.494 e. The van der Waals surface area contributed by atoms with Crippen molar-refractivity contribution < 1.29 is 18.8 Å². The van der Waals surface area contributed by atoms with Gasteiger partial charge in [0.25, 0.3) is 0 Å². The zero-order valence-electron chi connectivity index (χ0n) is 16.6. The zero-order valence-corrected chi connectivity index (χ0v) is 16.6. The average Bonchev–Trinajstić information content (AvgIpc) is 3.36. The van der Waals surface area contributed by atoms with Crippen LogP contribution >= 0.6 is 0 Å². The van der Waals surface area contributed by atoms with Gasteiger partial charge < -0.3 is 19.1 Å². The van der Waals surface area contributed by atoms with Gasteiger partial charge >= 0.3 is 0 Å². The summed E-state index contributed by atoms with van der Waals surface area (Å²) in [6.07, 6.45) is 2.15. The molecule has 1 fully saturated rings. The SMILES string of the molecule is CCOc1ccc(-c2noc(CCC(=O)N3CCCC3C(=O)N(C)C)n2)cc1. The number of ether oxygens (including phenoxy) is 1. The third-order valence-electron chi connectivity index (χ3n) is 4.74. The molecule has 1 aromatic heterocycles. The van der Waals surface area contributed by atoms with E-state index in [-0.39, 0.29) is 24.3 Å². The lowest BCUT2D eigenvalue weighted by Gasteiger charge is -2.26. The summed E-state index contributed by atoms with van der Waals surface area (Å²) in [5.74, 6) is 1.59. The van der Waals surface area contributed by atoms with Crippen molar-refractivity contribution in [1.82, 2.24) is 19.9 Å². The first-order chi connectivity index (χ1) is 13.5. The highest BCUT2D eigenvalue weighted by molar-refractivity contribution is 5.88.